The van der Waals surface area contributed by atoms with Crippen molar-refractivity contribution in [1.82, 2.24) is 5.32 Å². The first-order valence-electron chi connectivity index (χ1n) is 5.41. The van der Waals surface area contributed by atoms with E-state index in [2.05, 4.69) is 5.32 Å². The molecule has 0 saturated heterocycles. The highest BCUT2D eigenvalue weighted by Gasteiger charge is 2.33. The summed E-state index contributed by atoms with van der Waals surface area (Å²) in [6.45, 7) is 3.21. The van der Waals surface area contributed by atoms with E-state index in [1.807, 2.05) is 13.8 Å². The normalized spacial score (nSPS) is 13.2. The van der Waals surface area contributed by atoms with Gasteiger partial charge in [0.25, 0.3) is 0 Å². The molecular formula is C10H21F3N2. The Balaban J connectivity index is 4.33. The van der Waals surface area contributed by atoms with Gasteiger partial charge in [-0.2, -0.15) is 13.2 Å². The van der Waals surface area contributed by atoms with Gasteiger partial charge in [-0.05, 0) is 12.8 Å². The largest absolute Gasteiger partial charge is 0.401 e. The Bertz CT molecular complexity index is 163. The standard InChI is InChI=1S/C10H21F3N2/c1-3-5-9(7-14,6-4-2)15-8-10(11,12)13/h15H,3-8,14H2,1-2H3. The van der Waals surface area contributed by atoms with Crippen LogP contribution in [0.3, 0.4) is 0 Å². The van der Waals surface area contributed by atoms with Crippen molar-refractivity contribution >= 4 is 0 Å². The van der Waals surface area contributed by atoms with Gasteiger partial charge in [0.2, 0.25) is 0 Å². The van der Waals surface area contributed by atoms with Crippen LogP contribution >= 0.6 is 0 Å². The summed E-state index contributed by atoms with van der Waals surface area (Å²) in [5.74, 6) is 0. The minimum Gasteiger partial charge on any atom is -0.329 e. The summed E-state index contributed by atoms with van der Waals surface area (Å²) >= 11 is 0. The van der Waals surface area contributed by atoms with Crippen molar-refractivity contribution in [3.63, 3.8) is 0 Å². The van der Waals surface area contributed by atoms with Gasteiger partial charge in [0.1, 0.15) is 0 Å². The quantitative estimate of drug-likeness (QED) is 0.699. The van der Waals surface area contributed by atoms with E-state index >= 15 is 0 Å². The van der Waals surface area contributed by atoms with Crippen LogP contribution in [0.1, 0.15) is 39.5 Å². The second-order valence-electron chi connectivity index (χ2n) is 3.95. The molecular weight excluding hydrogens is 205 g/mol. The van der Waals surface area contributed by atoms with Gasteiger partial charge in [0, 0.05) is 12.1 Å². The Morgan fingerprint density at radius 2 is 1.53 bits per heavy atom. The zero-order chi connectivity index (χ0) is 11.9. The fraction of sp³-hybridized carbons (Fsp3) is 1.00. The average molecular weight is 226 g/mol. The number of halogens is 3. The minimum atomic E-state index is -4.16. The summed E-state index contributed by atoms with van der Waals surface area (Å²) in [4.78, 5) is 0. The first-order chi connectivity index (χ1) is 6.89. The van der Waals surface area contributed by atoms with E-state index in [0.717, 1.165) is 12.8 Å². The maximum Gasteiger partial charge on any atom is 0.401 e. The molecule has 0 amide bonds. The van der Waals surface area contributed by atoms with Crippen molar-refractivity contribution in [3.05, 3.63) is 0 Å². The molecule has 5 heteroatoms. The molecule has 92 valence electrons. The maximum atomic E-state index is 12.1. The molecule has 3 N–H and O–H groups in total. The second-order valence-corrected chi connectivity index (χ2v) is 3.95. The predicted molar refractivity (Wildman–Crippen MR) is 55.7 cm³/mol. The molecule has 0 unspecified atom stereocenters. The molecule has 0 aromatic heterocycles. The van der Waals surface area contributed by atoms with Gasteiger partial charge in [0.15, 0.2) is 0 Å². The van der Waals surface area contributed by atoms with E-state index in [-0.39, 0.29) is 6.54 Å². The first-order valence-corrected chi connectivity index (χ1v) is 5.41. The molecule has 0 aliphatic rings. The summed E-state index contributed by atoms with van der Waals surface area (Å²) in [7, 11) is 0. The van der Waals surface area contributed by atoms with Gasteiger partial charge in [0.05, 0.1) is 6.54 Å². The number of rotatable bonds is 7. The number of hydrogen-bond donors (Lipinski definition) is 2. The third-order valence-electron chi connectivity index (χ3n) is 2.51. The summed E-state index contributed by atoms with van der Waals surface area (Å²) in [6.07, 6.45) is -1.12. The SMILES string of the molecule is CCCC(CN)(CCC)NCC(F)(F)F. The molecule has 0 saturated carbocycles. The number of nitrogens with two attached hydrogens (primary N) is 1. The van der Waals surface area contributed by atoms with E-state index in [0.29, 0.717) is 12.8 Å². The Morgan fingerprint density at radius 3 is 1.80 bits per heavy atom. The van der Waals surface area contributed by atoms with E-state index < -0.39 is 18.3 Å². The van der Waals surface area contributed by atoms with E-state index in [4.69, 9.17) is 5.73 Å². The van der Waals surface area contributed by atoms with Crippen LogP contribution in [-0.4, -0.2) is 24.8 Å². The topological polar surface area (TPSA) is 38.0 Å². The highest BCUT2D eigenvalue weighted by atomic mass is 19.4. The molecule has 2 nitrogen and oxygen atoms in total. The van der Waals surface area contributed by atoms with Gasteiger partial charge in [-0.3, -0.25) is 0 Å². The molecule has 0 radical (unpaired) electrons. The van der Waals surface area contributed by atoms with Gasteiger partial charge < -0.3 is 11.1 Å². The van der Waals surface area contributed by atoms with Gasteiger partial charge in [-0.1, -0.05) is 26.7 Å². The number of nitrogens with one attached hydrogen (secondary N) is 1. The lowest BCUT2D eigenvalue weighted by molar-refractivity contribution is -0.129. The van der Waals surface area contributed by atoms with Crippen LogP contribution in [0.25, 0.3) is 0 Å². The molecule has 0 aromatic rings. The highest BCUT2D eigenvalue weighted by molar-refractivity contribution is 4.89. The van der Waals surface area contributed by atoms with Crippen LogP contribution < -0.4 is 11.1 Å². The van der Waals surface area contributed by atoms with E-state index in [9.17, 15) is 13.2 Å². The maximum absolute atomic E-state index is 12.1. The lowest BCUT2D eigenvalue weighted by Gasteiger charge is -2.34. The average Bonchev–Trinajstić information content (AvgIpc) is 2.14. The van der Waals surface area contributed by atoms with Crippen molar-refractivity contribution in [1.29, 1.82) is 0 Å². The fourth-order valence-electron chi connectivity index (χ4n) is 1.82. The van der Waals surface area contributed by atoms with Crippen LogP contribution in [0, 0.1) is 0 Å². The Labute approximate surface area is 89.4 Å². The molecule has 0 fully saturated rings. The molecule has 0 heterocycles. The smallest absolute Gasteiger partial charge is 0.329 e. The summed E-state index contributed by atoms with van der Waals surface area (Å²) in [5.41, 5.74) is 5.04. The molecule has 15 heavy (non-hydrogen) atoms. The third kappa shape index (κ3) is 5.99. The van der Waals surface area contributed by atoms with E-state index in [1.54, 1.807) is 0 Å². The second kappa shape index (κ2) is 6.33. The number of alkyl halides is 3. The zero-order valence-electron chi connectivity index (χ0n) is 9.45. The molecule has 0 rings (SSSR count). The molecule has 0 aromatic carbocycles. The molecule has 0 spiro atoms. The van der Waals surface area contributed by atoms with Crippen LogP contribution in [0.4, 0.5) is 13.2 Å². The van der Waals surface area contributed by atoms with Crippen molar-refractivity contribution in [2.24, 2.45) is 5.73 Å². The van der Waals surface area contributed by atoms with Crippen molar-refractivity contribution < 1.29 is 13.2 Å². The summed E-state index contributed by atoms with van der Waals surface area (Å²) < 4.78 is 36.3. The monoisotopic (exact) mass is 226 g/mol. The Kier molecular flexibility index (Phi) is 6.20. The minimum absolute atomic E-state index is 0.255. The van der Waals surface area contributed by atoms with Crippen LogP contribution in [0.2, 0.25) is 0 Å². The van der Waals surface area contributed by atoms with Crippen molar-refractivity contribution in [2.75, 3.05) is 13.1 Å². The lowest BCUT2D eigenvalue weighted by Crippen LogP contribution is -2.53. The molecule has 0 atom stereocenters. The third-order valence-corrected chi connectivity index (χ3v) is 2.51. The van der Waals surface area contributed by atoms with Crippen molar-refractivity contribution in [3.8, 4) is 0 Å². The lowest BCUT2D eigenvalue weighted by atomic mass is 9.88. The Morgan fingerprint density at radius 1 is 1.07 bits per heavy atom. The first kappa shape index (κ1) is 14.7. The molecule has 0 bridgehead atoms. The molecule has 0 aliphatic heterocycles. The van der Waals surface area contributed by atoms with Crippen LogP contribution in [0.15, 0.2) is 0 Å². The summed E-state index contributed by atoms with van der Waals surface area (Å²) in [6, 6.07) is 0. The summed E-state index contributed by atoms with van der Waals surface area (Å²) in [5, 5.41) is 2.57. The van der Waals surface area contributed by atoms with Gasteiger partial charge in [-0.25, -0.2) is 0 Å². The van der Waals surface area contributed by atoms with Gasteiger partial charge >= 0.3 is 6.18 Å². The highest BCUT2D eigenvalue weighted by Crippen LogP contribution is 2.21. The Hall–Kier alpha value is -0.290. The zero-order valence-corrected chi connectivity index (χ0v) is 9.45. The predicted octanol–water partition coefficient (Wildman–Crippen LogP) is 2.44. The van der Waals surface area contributed by atoms with Crippen LogP contribution in [-0.2, 0) is 0 Å². The van der Waals surface area contributed by atoms with Crippen molar-refractivity contribution in [2.45, 2.75) is 51.2 Å². The number of hydrogen-bond acceptors (Lipinski definition) is 2. The fourth-order valence-corrected chi connectivity index (χ4v) is 1.82. The van der Waals surface area contributed by atoms with Gasteiger partial charge in [-0.15, -0.1) is 0 Å². The van der Waals surface area contributed by atoms with E-state index in [1.165, 1.54) is 0 Å². The molecule has 0 aliphatic carbocycles. The van der Waals surface area contributed by atoms with Crippen LogP contribution in [0.5, 0.6) is 0 Å².